The Morgan fingerprint density at radius 2 is 2.00 bits per heavy atom. The molecule has 104 valence electrons. The molecule has 3 N–H and O–H groups in total. The van der Waals surface area contributed by atoms with Gasteiger partial charge in [0.25, 0.3) is 0 Å². The van der Waals surface area contributed by atoms with E-state index >= 15 is 0 Å². The molecule has 6 nitrogen and oxygen atoms in total. The fourth-order valence-electron chi connectivity index (χ4n) is 1.60. The lowest BCUT2D eigenvalue weighted by Crippen LogP contribution is -2.27. The van der Waals surface area contributed by atoms with Crippen LogP contribution in [0, 0.1) is 0 Å². The minimum Gasteiger partial charge on any atom is -0.478 e. The van der Waals surface area contributed by atoms with Crippen molar-refractivity contribution in [2.75, 3.05) is 5.32 Å². The molecule has 2 amide bonds. The van der Waals surface area contributed by atoms with Crippen LogP contribution in [-0.2, 0) is 9.59 Å². The number of amides is 2. The van der Waals surface area contributed by atoms with E-state index in [0.29, 0.717) is 10.0 Å². The highest BCUT2D eigenvalue weighted by Crippen LogP contribution is 2.22. The molecular weight excluding hydrogens is 300 g/mol. The smallest absolute Gasteiger partial charge is 0.335 e. The second-order valence-corrected chi connectivity index (χ2v) is 5.90. The maximum absolute atomic E-state index is 11.8. The van der Waals surface area contributed by atoms with Crippen LogP contribution >= 0.6 is 24.0 Å². The van der Waals surface area contributed by atoms with Crippen molar-refractivity contribution in [2.24, 2.45) is 0 Å². The number of thioether (sulfide) groups is 1. The first kappa shape index (κ1) is 14.5. The van der Waals surface area contributed by atoms with Gasteiger partial charge in [0.1, 0.15) is 4.32 Å². The molecule has 0 radical (unpaired) electrons. The van der Waals surface area contributed by atoms with Gasteiger partial charge in [0, 0.05) is 12.1 Å². The number of carbonyl (C=O) groups is 3. The van der Waals surface area contributed by atoms with Gasteiger partial charge in [-0.2, -0.15) is 0 Å². The van der Waals surface area contributed by atoms with Gasteiger partial charge in [0.2, 0.25) is 11.8 Å². The molecule has 8 heteroatoms. The predicted octanol–water partition coefficient (Wildman–Crippen LogP) is 1.23. The zero-order valence-corrected chi connectivity index (χ0v) is 11.7. The van der Waals surface area contributed by atoms with Gasteiger partial charge in [-0.3, -0.25) is 9.59 Å². The van der Waals surface area contributed by atoms with E-state index < -0.39 is 11.2 Å². The molecule has 1 aliphatic rings. The second kappa shape index (κ2) is 6.02. The molecule has 1 aromatic carbocycles. The lowest BCUT2D eigenvalue weighted by Gasteiger charge is -2.07. The monoisotopic (exact) mass is 310 g/mol. The van der Waals surface area contributed by atoms with Gasteiger partial charge in [0.15, 0.2) is 0 Å². The summed E-state index contributed by atoms with van der Waals surface area (Å²) in [6.07, 6.45) is 0.0112. The molecule has 0 spiro atoms. The van der Waals surface area contributed by atoms with Crippen molar-refractivity contribution in [3.05, 3.63) is 29.8 Å². The Labute approximate surface area is 123 Å². The van der Waals surface area contributed by atoms with Crippen molar-refractivity contribution in [2.45, 2.75) is 11.7 Å². The summed E-state index contributed by atoms with van der Waals surface area (Å²) in [5.41, 5.74) is 0.616. The second-order valence-electron chi connectivity index (χ2n) is 4.02. The molecule has 1 heterocycles. The maximum atomic E-state index is 11.8. The molecule has 0 aromatic heterocycles. The molecule has 1 atom stereocenters. The number of carboxylic acid groups (broad SMARTS) is 1. The predicted molar refractivity (Wildman–Crippen MR) is 78.8 cm³/mol. The minimum absolute atomic E-state index is 0.0112. The van der Waals surface area contributed by atoms with Crippen molar-refractivity contribution in [1.82, 2.24) is 5.32 Å². The summed E-state index contributed by atoms with van der Waals surface area (Å²) in [7, 11) is 0. The Morgan fingerprint density at radius 1 is 1.35 bits per heavy atom. The fourth-order valence-corrected chi connectivity index (χ4v) is 2.87. The summed E-state index contributed by atoms with van der Waals surface area (Å²) in [5.74, 6) is -1.63. The zero-order valence-electron chi connectivity index (χ0n) is 10.1. The van der Waals surface area contributed by atoms with Crippen LogP contribution in [0.5, 0.6) is 0 Å². The standard InChI is InChI=1S/C12H10N2O4S2/c15-9(5-8-10(16)14-12(19)20-8)13-7-3-1-6(2-4-7)11(17)18/h1-4,8H,5H2,(H,13,15)(H,17,18)(H,14,16,19). The Hall–Kier alpha value is -1.93. The van der Waals surface area contributed by atoms with Crippen LogP contribution in [0.25, 0.3) is 0 Å². The highest BCUT2D eigenvalue weighted by Gasteiger charge is 2.30. The molecule has 0 saturated carbocycles. The molecule has 1 aromatic rings. The number of carbonyl (C=O) groups excluding carboxylic acids is 2. The third-order valence-electron chi connectivity index (χ3n) is 2.55. The number of nitrogens with one attached hydrogen (secondary N) is 2. The molecule has 20 heavy (non-hydrogen) atoms. The Balaban J connectivity index is 1.93. The SMILES string of the molecule is O=C(CC1SC(=S)NC1=O)Nc1ccc(C(=O)O)cc1. The number of rotatable bonds is 4. The first-order chi connectivity index (χ1) is 9.45. The Kier molecular flexibility index (Phi) is 4.35. The number of anilines is 1. The zero-order chi connectivity index (χ0) is 14.7. The van der Waals surface area contributed by atoms with E-state index in [0.717, 1.165) is 11.8 Å². The average molecular weight is 310 g/mol. The van der Waals surface area contributed by atoms with Crippen LogP contribution in [0.3, 0.4) is 0 Å². The first-order valence-electron chi connectivity index (χ1n) is 5.60. The largest absolute Gasteiger partial charge is 0.478 e. The van der Waals surface area contributed by atoms with Gasteiger partial charge in [-0.25, -0.2) is 4.79 Å². The van der Waals surface area contributed by atoms with Gasteiger partial charge in [-0.15, -0.1) is 0 Å². The van der Waals surface area contributed by atoms with Gasteiger partial charge in [-0.05, 0) is 24.3 Å². The molecule has 1 saturated heterocycles. The van der Waals surface area contributed by atoms with Gasteiger partial charge >= 0.3 is 5.97 Å². The summed E-state index contributed by atoms with van der Waals surface area (Å²) in [6.45, 7) is 0. The lowest BCUT2D eigenvalue weighted by atomic mass is 10.2. The van der Waals surface area contributed by atoms with Crippen molar-refractivity contribution in [1.29, 1.82) is 0 Å². The topological polar surface area (TPSA) is 95.5 Å². The summed E-state index contributed by atoms with van der Waals surface area (Å²) in [6, 6.07) is 5.77. The van der Waals surface area contributed by atoms with E-state index in [1.165, 1.54) is 24.3 Å². The molecular formula is C12H10N2O4S2. The van der Waals surface area contributed by atoms with Crippen LogP contribution in [0.4, 0.5) is 5.69 Å². The van der Waals surface area contributed by atoms with Crippen LogP contribution in [0.15, 0.2) is 24.3 Å². The summed E-state index contributed by atoms with van der Waals surface area (Å²) in [5, 5.41) is 13.3. The van der Waals surface area contributed by atoms with Crippen molar-refractivity contribution < 1.29 is 19.5 Å². The van der Waals surface area contributed by atoms with Gasteiger partial charge in [-0.1, -0.05) is 24.0 Å². The van der Waals surface area contributed by atoms with Crippen molar-refractivity contribution in [3.8, 4) is 0 Å². The molecule has 1 aliphatic heterocycles. The maximum Gasteiger partial charge on any atom is 0.335 e. The number of thiocarbonyl (C=S) groups is 1. The summed E-state index contributed by atoms with van der Waals surface area (Å²) < 4.78 is 0.374. The van der Waals surface area contributed by atoms with Gasteiger partial charge < -0.3 is 15.7 Å². The third kappa shape index (κ3) is 3.55. The number of carboxylic acids is 1. The molecule has 0 aliphatic carbocycles. The normalized spacial score (nSPS) is 17.7. The minimum atomic E-state index is -1.03. The first-order valence-corrected chi connectivity index (χ1v) is 6.89. The quantitative estimate of drug-likeness (QED) is 0.724. The Morgan fingerprint density at radius 3 is 2.50 bits per heavy atom. The van der Waals surface area contributed by atoms with Gasteiger partial charge in [0.05, 0.1) is 10.8 Å². The summed E-state index contributed by atoms with van der Waals surface area (Å²) in [4.78, 5) is 33.9. The van der Waals surface area contributed by atoms with E-state index in [1.54, 1.807) is 0 Å². The Bertz CT molecular complexity index is 586. The molecule has 2 rings (SSSR count). The van der Waals surface area contributed by atoms with E-state index in [1.807, 2.05) is 0 Å². The average Bonchev–Trinajstić information content (AvgIpc) is 2.68. The van der Waals surface area contributed by atoms with Crippen LogP contribution in [0.2, 0.25) is 0 Å². The van der Waals surface area contributed by atoms with E-state index in [2.05, 4.69) is 10.6 Å². The number of hydrogen-bond donors (Lipinski definition) is 3. The molecule has 1 unspecified atom stereocenters. The number of benzene rings is 1. The van der Waals surface area contributed by atoms with Crippen molar-refractivity contribution in [3.63, 3.8) is 0 Å². The number of hydrogen-bond acceptors (Lipinski definition) is 5. The highest BCUT2D eigenvalue weighted by atomic mass is 32.2. The van der Waals surface area contributed by atoms with E-state index in [-0.39, 0.29) is 23.8 Å². The lowest BCUT2D eigenvalue weighted by molar-refractivity contribution is -0.122. The number of aromatic carboxylic acids is 1. The van der Waals surface area contributed by atoms with Crippen LogP contribution in [-0.4, -0.2) is 32.5 Å². The highest BCUT2D eigenvalue weighted by molar-refractivity contribution is 8.24. The summed E-state index contributed by atoms with van der Waals surface area (Å²) >= 11 is 5.99. The fraction of sp³-hybridized carbons (Fsp3) is 0.167. The van der Waals surface area contributed by atoms with E-state index in [9.17, 15) is 14.4 Å². The van der Waals surface area contributed by atoms with Crippen LogP contribution < -0.4 is 10.6 Å². The molecule has 0 bridgehead atoms. The molecule has 1 fully saturated rings. The van der Waals surface area contributed by atoms with E-state index in [4.69, 9.17) is 17.3 Å². The van der Waals surface area contributed by atoms with Crippen molar-refractivity contribution >= 4 is 51.8 Å². The third-order valence-corrected chi connectivity index (χ3v) is 3.93. The van der Waals surface area contributed by atoms with Crippen LogP contribution in [0.1, 0.15) is 16.8 Å².